The highest BCUT2D eigenvalue weighted by Gasteiger charge is 2.65. The zero-order valence-electron chi connectivity index (χ0n) is 20.4. The zero-order valence-corrected chi connectivity index (χ0v) is 20.4. The molecule has 12 atom stereocenters. The number of aliphatic hydroxyl groups is 3. The molecule has 176 valence electrons. The highest BCUT2D eigenvalue weighted by molar-refractivity contribution is 5.16. The summed E-state index contributed by atoms with van der Waals surface area (Å²) in [4.78, 5) is 0. The number of hydrogen-bond donors (Lipinski definition) is 3. The molecule has 4 fully saturated rings. The van der Waals surface area contributed by atoms with Crippen LogP contribution < -0.4 is 0 Å². The van der Waals surface area contributed by atoms with Crippen molar-refractivity contribution < 1.29 is 15.3 Å². The van der Waals surface area contributed by atoms with Crippen LogP contribution in [0.25, 0.3) is 0 Å². The van der Waals surface area contributed by atoms with Crippen molar-refractivity contribution in [1.29, 1.82) is 0 Å². The van der Waals surface area contributed by atoms with E-state index in [9.17, 15) is 15.3 Å². The van der Waals surface area contributed by atoms with E-state index in [4.69, 9.17) is 0 Å². The summed E-state index contributed by atoms with van der Waals surface area (Å²) in [6, 6.07) is 0. The van der Waals surface area contributed by atoms with Gasteiger partial charge in [0, 0.05) is 5.41 Å². The molecule has 0 aromatic rings. The lowest BCUT2D eigenvalue weighted by Crippen LogP contribution is -2.59. The largest absolute Gasteiger partial charge is 0.393 e. The van der Waals surface area contributed by atoms with Crippen LogP contribution in [0.15, 0.2) is 24.3 Å². The Kier molecular flexibility index (Phi) is 6.29. The highest BCUT2D eigenvalue weighted by Crippen LogP contribution is 2.68. The van der Waals surface area contributed by atoms with E-state index >= 15 is 0 Å². The number of aliphatic hydroxyl groups excluding tert-OH is 3. The maximum absolute atomic E-state index is 11.6. The predicted molar refractivity (Wildman–Crippen MR) is 126 cm³/mol. The third-order valence-electron chi connectivity index (χ3n) is 10.9. The Bertz CT molecular complexity index is 715. The molecule has 4 saturated carbocycles. The summed E-state index contributed by atoms with van der Waals surface area (Å²) in [6.07, 6.45) is 10.7. The van der Waals surface area contributed by atoms with Gasteiger partial charge in [0.05, 0.1) is 18.3 Å². The van der Waals surface area contributed by atoms with Crippen LogP contribution in [0.5, 0.6) is 0 Å². The maximum Gasteiger partial charge on any atom is 0.0603 e. The third kappa shape index (κ3) is 3.67. The minimum atomic E-state index is -0.363. The fraction of sp³-hybridized carbons (Fsp3) is 0.857. The molecule has 3 N–H and O–H groups in total. The number of hydrogen-bond acceptors (Lipinski definition) is 3. The molecular weight excluding hydrogens is 384 g/mol. The number of rotatable bonds is 4. The smallest absolute Gasteiger partial charge is 0.0603 e. The van der Waals surface area contributed by atoms with Crippen molar-refractivity contribution in [3.05, 3.63) is 24.3 Å². The molecule has 0 bridgehead atoms. The second-order valence-electron chi connectivity index (χ2n) is 12.4. The maximum atomic E-state index is 11.6. The normalized spacial score (nSPS) is 51.6. The minimum Gasteiger partial charge on any atom is -0.393 e. The lowest BCUT2D eigenvalue weighted by molar-refractivity contribution is -0.174. The van der Waals surface area contributed by atoms with Crippen LogP contribution in [0.1, 0.15) is 79.6 Å². The second-order valence-corrected chi connectivity index (χ2v) is 12.4. The van der Waals surface area contributed by atoms with Gasteiger partial charge in [-0.1, -0.05) is 52.0 Å². The topological polar surface area (TPSA) is 60.7 Å². The Labute approximate surface area is 190 Å². The van der Waals surface area contributed by atoms with Gasteiger partial charge in [-0.05, 0) is 98.7 Å². The first-order valence-corrected chi connectivity index (χ1v) is 12.9. The molecule has 3 heteroatoms. The summed E-state index contributed by atoms with van der Waals surface area (Å²) in [5, 5.41) is 33.2. The lowest BCUT2D eigenvalue weighted by atomic mass is 9.43. The fourth-order valence-electron chi connectivity index (χ4n) is 8.81. The average Bonchev–Trinajstić information content (AvgIpc) is 2.99. The Morgan fingerprint density at radius 1 is 0.968 bits per heavy atom. The molecule has 0 aromatic heterocycles. The van der Waals surface area contributed by atoms with E-state index in [1.54, 1.807) is 0 Å². The van der Waals surface area contributed by atoms with E-state index < -0.39 is 0 Å². The van der Waals surface area contributed by atoms with Gasteiger partial charge in [-0.15, -0.1) is 0 Å². The molecule has 0 saturated heterocycles. The Hall–Kier alpha value is -0.640. The summed E-state index contributed by atoms with van der Waals surface area (Å²) in [5.41, 5.74) is 1.16. The van der Waals surface area contributed by atoms with Crippen LogP contribution in [0.3, 0.4) is 0 Å². The first kappa shape index (κ1) is 23.5. The van der Waals surface area contributed by atoms with E-state index in [2.05, 4.69) is 53.3 Å². The minimum absolute atomic E-state index is 0.0979. The first-order chi connectivity index (χ1) is 14.5. The van der Waals surface area contributed by atoms with Crippen LogP contribution in [-0.4, -0.2) is 33.6 Å². The standard InChI is InChI=1S/C28H46O3/c1-16(2)17(3)7-8-18(4)26-24(30)14-23-21-10-9-19-13-20(29)11-12-27(19,5)22(21)15-25(31)28(23,26)6/h7-8,17-26,29-31H,1,9-15H2,2-6H3. The van der Waals surface area contributed by atoms with Crippen molar-refractivity contribution in [2.45, 2.75) is 97.9 Å². The predicted octanol–water partition coefficient (Wildman–Crippen LogP) is 5.35. The molecule has 0 aliphatic heterocycles. The Morgan fingerprint density at radius 3 is 2.35 bits per heavy atom. The van der Waals surface area contributed by atoms with Crippen molar-refractivity contribution in [2.24, 2.45) is 52.3 Å². The number of fused-ring (bicyclic) bond motifs is 5. The first-order valence-electron chi connectivity index (χ1n) is 12.9. The fourth-order valence-corrected chi connectivity index (χ4v) is 8.81. The van der Waals surface area contributed by atoms with Gasteiger partial charge in [-0.25, -0.2) is 0 Å². The lowest BCUT2D eigenvalue weighted by Gasteiger charge is -2.62. The summed E-state index contributed by atoms with van der Waals surface area (Å²) >= 11 is 0. The molecule has 4 aliphatic carbocycles. The zero-order chi connectivity index (χ0) is 22.7. The molecule has 0 radical (unpaired) electrons. The summed E-state index contributed by atoms with van der Waals surface area (Å²) in [6.45, 7) is 15.3. The van der Waals surface area contributed by atoms with Crippen molar-refractivity contribution in [3.63, 3.8) is 0 Å². The van der Waals surface area contributed by atoms with E-state index in [-0.39, 0.29) is 41.0 Å². The quantitative estimate of drug-likeness (QED) is 0.527. The highest BCUT2D eigenvalue weighted by atomic mass is 16.3. The third-order valence-corrected chi connectivity index (χ3v) is 10.9. The molecule has 0 amide bonds. The molecule has 4 aliphatic rings. The Balaban J connectivity index is 1.60. The molecule has 0 heterocycles. The summed E-state index contributed by atoms with van der Waals surface area (Å²) in [7, 11) is 0. The molecule has 12 unspecified atom stereocenters. The van der Waals surface area contributed by atoms with Gasteiger partial charge < -0.3 is 15.3 Å². The summed E-state index contributed by atoms with van der Waals surface area (Å²) < 4.78 is 0. The van der Waals surface area contributed by atoms with Crippen molar-refractivity contribution in [3.8, 4) is 0 Å². The van der Waals surface area contributed by atoms with Crippen molar-refractivity contribution >= 4 is 0 Å². The van der Waals surface area contributed by atoms with Crippen LogP contribution >= 0.6 is 0 Å². The van der Waals surface area contributed by atoms with Gasteiger partial charge in [0.2, 0.25) is 0 Å². The molecular formula is C28H46O3. The summed E-state index contributed by atoms with van der Waals surface area (Å²) in [5.74, 6) is 2.75. The van der Waals surface area contributed by atoms with Crippen LogP contribution in [0.2, 0.25) is 0 Å². The Morgan fingerprint density at radius 2 is 1.68 bits per heavy atom. The average molecular weight is 431 g/mol. The van der Waals surface area contributed by atoms with Crippen LogP contribution in [0.4, 0.5) is 0 Å². The van der Waals surface area contributed by atoms with E-state index in [0.717, 1.165) is 37.7 Å². The SMILES string of the molecule is C=C(C)C(C)C=CC(C)C1C(O)CC2C3CCC4CC(O)CCC4(C)C3CC(O)C21C. The van der Waals surface area contributed by atoms with Crippen LogP contribution in [-0.2, 0) is 0 Å². The van der Waals surface area contributed by atoms with E-state index in [1.807, 2.05) is 0 Å². The van der Waals surface area contributed by atoms with Gasteiger partial charge in [0.25, 0.3) is 0 Å². The second kappa shape index (κ2) is 8.29. The number of allylic oxidation sites excluding steroid dienone is 3. The molecule has 31 heavy (non-hydrogen) atoms. The molecule has 0 spiro atoms. The molecule has 4 rings (SSSR count). The monoisotopic (exact) mass is 430 g/mol. The van der Waals surface area contributed by atoms with Gasteiger partial charge in [0.1, 0.15) is 0 Å². The van der Waals surface area contributed by atoms with Gasteiger partial charge in [0.15, 0.2) is 0 Å². The van der Waals surface area contributed by atoms with Crippen molar-refractivity contribution in [2.75, 3.05) is 0 Å². The van der Waals surface area contributed by atoms with Crippen LogP contribution in [0, 0.1) is 52.3 Å². The molecule has 0 aromatic carbocycles. The van der Waals surface area contributed by atoms with Crippen molar-refractivity contribution in [1.82, 2.24) is 0 Å². The van der Waals surface area contributed by atoms with Gasteiger partial charge >= 0.3 is 0 Å². The van der Waals surface area contributed by atoms with E-state index in [1.165, 1.54) is 12.8 Å². The van der Waals surface area contributed by atoms with Gasteiger partial charge in [-0.2, -0.15) is 0 Å². The van der Waals surface area contributed by atoms with Gasteiger partial charge in [-0.3, -0.25) is 0 Å². The van der Waals surface area contributed by atoms with E-state index in [0.29, 0.717) is 29.6 Å². The molecule has 3 nitrogen and oxygen atoms in total.